The molecule has 1 N–H and O–H groups in total. The highest BCUT2D eigenvalue weighted by molar-refractivity contribution is 9.10. The van der Waals surface area contributed by atoms with E-state index in [1.54, 1.807) is 0 Å². The summed E-state index contributed by atoms with van der Waals surface area (Å²) in [4.78, 5) is 11.9. The number of benzene rings is 1. The molecule has 3 nitrogen and oxygen atoms in total. The summed E-state index contributed by atoms with van der Waals surface area (Å²) >= 11 is 3.39. The summed E-state index contributed by atoms with van der Waals surface area (Å²) < 4.78 is 6.13. The summed E-state index contributed by atoms with van der Waals surface area (Å²) in [5.74, 6) is 2.73. The van der Waals surface area contributed by atoms with Gasteiger partial charge in [-0.2, -0.15) is 0 Å². The molecule has 20 heavy (non-hydrogen) atoms. The van der Waals surface area contributed by atoms with E-state index >= 15 is 0 Å². The Hall–Kier alpha value is -1.47. The molecule has 0 radical (unpaired) electrons. The molecule has 1 amide bonds. The topological polar surface area (TPSA) is 38.3 Å². The summed E-state index contributed by atoms with van der Waals surface area (Å²) in [5, 5.41) is 2.76. The highest BCUT2D eigenvalue weighted by atomic mass is 79.9. The lowest BCUT2D eigenvalue weighted by Gasteiger charge is -2.24. The average Bonchev–Trinajstić information content (AvgIpc) is 2.25. The summed E-state index contributed by atoms with van der Waals surface area (Å²) in [7, 11) is 0. The van der Waals surface area contributed by atoms with Gasteiger partial charge in [0, 0.05) is 10.2 Å². The summed E-state index contributed by atoms with van der Waals surface area (Å²) in [6.07, 6.45) is 5.08. The van der Waals surface area contributed by atoms with E-state index in [2.05, 4.69) is 27.2 Å². The maximum Gasteiger partial charge on any atom is 0.412 e. The molecular weight excluding hydrogens is 318 g/mol. The number of amides is 1. The predicted octanol–water partition coefficient (Wildman–Crippen LogP) is 4.71. The Balaban J connectivity index is 3.09. The zero-order valence-corrected chi connectivity index (χ0v) is 14.1. The average molecular weight is 338 g/mol. The first kappa shape index (κ1) is 16.6. The number of anilines is 1. The molecule has 0 saturated heterocycles. The number of hydrogen-bond acceptors (Lipinski definition) is 2. The molecule has 0 heterocycles. The third-order valence-corrected chi connectivity index (χ3v) is 3.14. The van der Waals surface area contributed by atoms with Crippen LogP contribution in [-0.2, 0) is 10.2 Å². The number of carbonyl (C=O) groups is 1. The van der Waals surface area contributed by atoms with Crippen molar-refractivity contribution in [3.63, 3.8) is 0 Å². The second kappa shape index (κ2) is 5.88. The highest BCUT2D eigenvalue weighted by Crippen LogP contribution is 2.32. The lowest BCUT2D eigenvalue weighted by molar-refractivity contribution is 0.0635. The van der Waals surface area contributed by atoms with Crippen molar-refractivity contribution in [3.05, 3.63) is 28.2 Å². The van der Waals surface area contributed by atoms with E-state index in [0.717, 1.165) is 10.0 Å². The molecule has 0 fully saturated rings. The molecule has 0 spiro atoms. The number of carbonyl (C=O) groups excluding carboxylic acids is 1. The van der Waals surface area contributed by atoms with Crippen molar-refractivity contribution in [2.45, 2.75) is 45.6 Å². The number of terminal acetylenes is 1. The normalized spacial score (nSPS) is 11.7. The molecule has 0 bridgehead atoms. The highest BCUT2D eigenvalue weighted by Gasteiger charge is 2.23. The van der Waals surface area contributed by atoms with E-state index in [0.29, 0.717) is 5.69 Å². The Morgan fingerprint density at radius 1 is 1.30 bits per heavy atom. The van der Waals surface area contributed by atoms with Gasteiger partial charge >= 0.3 is 6.09 Å². The number of hydrogen-bond donors (Lipinski definition) is 1. The van der Waals surface area contributed by atoms with Crippen molar-refractivity contribution in [2.24, 2.45) is 0 Å². The van der Waals surface area contributed by atoms with Crippen LogP contribution in [0.15, 0.2) is 22.7 Å². The van der Waals surface area contributed by atoms with Gasteiger partial charge in [-0.3, -0.25) is 5.32 Å². The molecule has 0 aliphatic carbocycles. The zero-order valence-electron chi connectivity index (χ0n) is 12.5. The Labute approximate surface area is 129 Å². The van der Waals surface area contributed by atoms with Crippen LogP contribution < -0.4 is 5.32 Å². The van der Waals surface area contributed by atoms with Crippen molar-refractivity contribution in [1.29, 1.82) is 0 Å². The van der Waals surface area contributed by atoms with Crippen LogP contribution in [0.25, 0.3) is 0 Å². The van der Waals surface area contributed by atoms with Gasteiger partial charge < -0.3 is 4.74 Å². The molecule has 4 heteroatoms. The van der Waals surface area contributed by atoms with Gasteiger partial charge in [-0.05, 0) is 52.3 Å². The van der Waals surface area contributed by atoms with E-state index in [1.165, 1.54) is 0 Å². The largest absolute Gasteiger partial charge is 0.444 e. The van der Waals surface area contributed by atoms with Crippen LogP contribution in [0.4, 0.5) is 10.5 Å². The van der Waals surface area contributed by atoms with Crippen LogP contribution in [0.5, 0.6) is 0 Å². The van der Waals surface area contributed by atoms with Crippen LogP contribution in [0.1, 0.15) is 40.2 Å². The van der Waals surface area contributed by atoms with Gasteiger partial charge in [-0.15, -0.1) is 6.42 Å². The molecule has 1 aromatic carbocycles. The molecule has 0 aliphatic heterocycles. The smallest absolute Gasteiger partial charge is 0.412 e. The number of nitrogens with one attached hydrogen (secondary N) is 1. The van der Waals surface area contributed by atoms with Crippen molar-refractivity contribution in [1.82, 2.24) is 0 Å². The van der Waals surface area contributed by atoms with Crippen LogP contribution in [0, 0.1) is 12.3 Å². The fraction of sp³-hybridized carbons (Fsp3) is 0.438. The van der Waals surface area contributed by atoms with Crippen LogP contribution in [-0.4, -0.2) is 11.7 Å². The maximum atomic E-state index is 11.9. The second-order valence-corrected chi connectivity index (χ2v) is 7.00. The van der Waals surface area contributed by atoms with Crippen molar-refractivity contribution < 1.29 is 9.53 Å². The van der Waals surface area contributed by atoms with Crippen molar-refractivity contribution in [2.75, 3.05) is 5.32 Å². The lowest BCUT2D eigenvalue weighted by Crippen LogP contribution is -2.28. The van der Waals surface area contributed by atoms with Gasteiger partial charge in [-0.25, -0.2) is 4.79 Å². The molecule has 108 valence electrons. The SMILES string of the molecule is C#CC(C)(C)c1ccc(Br)cc1NC(=O)OC(C)(C)C. The summed E-state index contributed by atoms with van der Waals surface area (Å²) in [6.45, 7) is 9.31. The minimum absolute atomic E-state index is 0.481. The third-order valence-electron chi connectivity index (χ3n) is 2.65. The predicted molar refractivity (Wildman–Crippen MR) is 85.9 cm³/mol. The number of rotatable bonds is 2. The first-order valence-electron chi connectivity index (χ1n) is 6.33. The Morgan fingerprint density at radius 3 is 2.40 bits per heavy atom. The summed E-state index contributed by atoms with van der Waals surface area (Å²) in [5.41, 5.74) is 0.494. The molecule has 1 rings (SSSR count). The van der Waals surface area contributed by atoms with E-state index in [4.69, 9.17) is 11.2 Å². The van der Waals surface area contributed by atoms with E-state index < -0.39 is 17.1 Å². The van der Waals surface area contributed by atoms with Crippen molar-refractivity contribution >= 4 is 27.7 Å². The fourth-order valence-electron chi connectivity index (χ4n) is 1.66. The van der Waals surface area contributed by atoms with Crippen LogP contribution in [0.3, 0.4) is 0 Å². The third kappa shape index (κ3) is 4.57. The van der Waals surface area contributed by atoms with E-state index in [9.17, 15) is 4.79 Å². The van der Waals surface area contributed by atoms with Crippen molar-refractivity contribution in [3.8, 4) is 12.3 Å². The molecule has 0 saturated carbocycles. The fourth-order valence-corrected chi connectivity index (χ4v) is 2.02. The van der Waals surface area contributed by atoms with Gasteiger partial charge in [0.05, 0.1) is 5.41 Å². The first-order chi connectivity index (χ1) is 9.05. The first-order valence-corrected chi connectivity index (χ1v) is 7.12. The van der Waals surface area contributed by atoms with Gasteiger partial charge in [0.15, 0.2) is 0 Å². The quantitative estimate of drug-likeness (QED) is 0.794. The number of ether oxygens (including phenoxy) is 1. The van der Waals surface area contributed by atoms with Crippen LogP contribution >= 0.6 is 15.9 Å². The van der Waals surface area contributed by atoms with Crippen LogP contribution in [0.2, 0.25) is 0 Å². The van der Waals surface area contributed by atoms with E-state index in [-0.39, 0.29) is 0 Å². The monoisotopic (exact) mass is 337 g/mol. The van der Waals surface area contributed by atoms with Gasteiger partial charge in [0.2, 0.25) is 0 Å². The standard InChI is InChI=1S/C16H20BrNO2/c1-7-16(5,6)12-9-8-11(17)10-13(12)18-14(19)20-15(2,3)4/h1,8-10H,2-6H3,(H,18,19). The molecule has 0 unspecified atom stereocenters. The zero-order chi connectivity index (χ0) is 15.6. The molecule has 0 atom stereocenters. The number of halogens is 1. The minimum atomic E-state index is -0.544. The van der Waals surface area contributed by atoms with Gasteiger partial charge in [0.1, 0.15) is 5.60 Å². The minimum Gasteiger partial charge on any atom is -0.444 e. The molecule has 1 aromatic rings. The summed E-state index contributed by atoms with van der Waals surface area (Å²) in [6, 6.07) is 5.61. The van der Waals surface area contributed by atoms with Gasteiger partial charge in [0.25, 0.3) is 0 Å². The maximum absolute atomic E-state index is 11.9. The lowest BCUT2D eigenvalue weighted by atomic mass is 9.84. The molecule has 0 aliphatic rings. The Morgan fingerprint density at radius 2 is 1.90 bits per heavy atom. The second-order valence-electron chi connectivity index (χ2n) is 6.09. The molecule has 0 aromatic heterocycles. The Kier molecular flexibility index (Phi) is 4.88. The van der Waals surface area contributed by atoms with E-state index in [1.807, 2.05) is 52.8 Å². The molecular formula is C16H20BrNO2. The Bertz CT molecular complexity index is 551. The van der Waals surface area contributed by atoms with Gasteiger partial charge in [-0.1, -0.05) is 27.9 Å².